The summed E-state index contributed by atoms with van der Waals surface area (Å²) >= 11 is 1.93. The topological polar surface area (TPSA) is 15.3 Å². The van der Waals surface area contributed by atoms with Gasteiger partial charge in [0.15, 0.2) is 0 Å². The third-order valence-corrected chi connectivity index (χ3v) is 4.31. The van der Waals surface area contributed by atoms with Crippen molar-refractivity contribution in [3.05, 3.63) is 34.7 Å². The van der Waals surface area contributed by atoms with Crippen LogP contribution in [0.1, 0.15) is 24.3 Å². The van der Waals surface area contributed by atoms with Gasteiger partial charge in [0.2, 0.25) is 0 Å². The van der Waals surface area contributed by atoms with Crippen LogP contribution in [0.5, 0.6) is 0 Å². The molecule has 0 atom stereocenters. The minimum atomic E-state index is 0.701. The molecule has 1 heterocycles. The van der Waals surface area contributed by atoms with Crippen molar-refractivity contribution in [2.24, 2.45) is 5.92 Å². The van der Waals surface area contributed by atoms with Gasteiger partial charge < -0.3 is 10.2 Å². The third kappa shape index (κ3) is 3.78. The van der Waals surface area contributed by atoms with E-state index in [1.807, 2.05) is 11.3 Å². The van der Waals surface area contributed by atoms with E-state index >= 15 is 0 Å². The highest BCUT2D eigenvalue weighted by molar-refractivity contribution is 7.19. The smallest absolute Gasteiger partial charge is 0.0349 e. The van der Waals surface area contributed by atoms with Crippen molar-refractivity contribution in [2.45, 2.75) is 26.9 Å². The van der Waals surface area contributed by atoms with Crippen LogP contribution in [0, 0.1) is 5.92 Å². The van der Waals surface area contributed by atoms with E-state index in [2.05, 4.69) is 62.4 Å². The highest BCUT2D eigenvalue weighted by Crippen LogP contribution is 2.31. The lowest BCUT2D eigenvalue weighted by molar-refractivity contribution is 0.402. The van der Waals surface area contributed by atoms with Crippen LogP contribution in [0.3, 0.4) is 0 Å². The van der Waals surface area contributed by atoms with Gasteiger partial charge in [0.05, 0.1) is 0 Å². The molecule has 0 aliphatic carbocycles. The van der Waals surface area contributed by atoms with Crippen LogP contribution in [-0.2, 0) is 13.1 Å². The summed E-state index contributed by atoms with van der Waals surface area (Å²) in [6, 6.07) is 8.74. The van der Waals surface area contributed by atoms with Crippen molar-refractivity contribution in [1.29, 1.82) is 0 Å². The second kappa shape index (κ2) is 6.51. The lowest BCUT2D eigenvalue weighted by Crippen LogP contribution is -2.20. The molecule has 2 rings (SSSR count). The number of hydrogen-bond acceptors (Lipinski definition) is 3. The van der Waals surface area contributed by atoms with Gasteiger partial charge in [-0.3, -0.25) is 0 Å². The van der Waals surface area contributed by atoms with Gasteiger partial charge in [0.25, 0.3) is 0 Å². The Hall–Kier alpha value is -0.900. The summed E-state index contributed by atoms with van der Waals surface area (Å²) in [5.41, 5.74) is 1.49. The normalized spacial score (nSPS) is 11.9. The van der Waals surface area contributed by atoms with Crippen LogP contribution in [0.2, 0.25) is 0 Å². The van der Waals surface area contributed by atoms with Gasteiger partial charge in [0, 0.05) is 22.7 Å². The van der Waals surface area contributed by atoms with Gasteiger partial charge in [0.1, 0.15) is 0 Å². The molecule has 2 nitrogen and oxygen atoms in total. The average Bonchev–Trinajstić information content (AvgIpc) is 2.67. The van der Waals surface area contributed by atoms with Gasteiger partial charge in [-0.1, -0.05) is 32.0 Å². The van der Waals surface area contributed by atoms with E-state index in [-0.39, 0.29) is 0 Å². The fourth-order valence-corrected chi connectivity index (χ4v) is 3.44. The molecule has 0 bridgehead atoms. The molecule has 0 fully saturated rings. The molecule has 1 N–H and O–H groups in total. The van der Waals surface area contributed by atoms with Gasteiger partial charge in [-0.25, -0.2) is 0 Å². The molecule has 1 aromatic carbocycles. The molecule has 104 valence electrons. The molecule has 3 heteroatoms. The molecular weight excluding hydrogens is 252 g/mol. The third-order valence-electron chi connectivity index (χ3n) is 3.09. The number of rotatable bonds is 6. The number of thiophene rings is 1. The number of benzene rings is 1. The Bertz CT molecular complexity index is 529. The van der Waals surface area contributed by atoms with Crippen LogP contribution in [0.15, 0.2) is 24.3 Å². The van der Waals surface area contributed by atoms with Crippen LogP contribution in [0.4, 0.5) is 0 Å². The Labute approximate surface area is 120 Å². The monoisotopic (exact) mass is 276 g/mol. The summed E-state index contributed by atoms with van der Waals surface area (Å²) in [4.78, 5) is 3.73. The van der Waals surface area contributed by atoms with Crippen molar-refractivity contribution in [3.8, 4) is 0 Å². The van der Waals surface area contributed by atoms with Crippen molar-refractivity contribution in [2.75, 3.05) is 20.6 Å². The summed E-state index contributed by atoms with van der Waals surface area (Å²) in [6.07, 6.45) is 0. The van der Waals surface area contributed by atoms with E-state index in [1.54, 1.807) is 0 Å². The summed E-state index contributed by atoms with van der Waals surface area (Å²) in [7, 11) is 4.27. The number of nitrogens with one attached hydrogen (secondary N) is 1. The first-order chi connectivity index (χ1) is 9.08. The molecule has 19 heavy (non-hydrogen) atoms. The van der Waals surface area contributed by atoms with E-state index < -0.39 is 0 Å². The first-order valence-electron chi connectivity index (χ1n) is 6.92. The van der Waals surface area contributed by atoms with Crippen LogP contribution in [0.25, 0.3) is 10.1 Å². The second-order valence-electron chi connectivity index (χ2n) is 5.76. The fraction of sp³-hybridized carbons (Fsp3) is 0.500. The fourth-order valence-electron chi connectivity index (χ4n) is 2.26. The largest absolute Gasteiger partial charge is 0.312 e. The summed E-state index contributed by atoms with van der Waals surface area (Å²) in [6.45, 7) is 7.58. The summed E-state index contributed by atoms with van der Waals surface area (Å²) < 4.78 is 1.40. The molecule has 0 aliphatic heterocycles. The van der Waals surface area contributed by atoms with E-state index in [0.717, 1.165) is 19.6 Å². The highest BCUT2D eigenvalue weighted by Gasteiger charge is 2.12. The lowest BCUT2D eigenvalue weighted by atomic mass is 10.1. The first-order valence-corrected chi connectivity index (χ1v) is 7.74. The van der Waals surface area contributed by atoms with Crippen LogP contribution >= 0.6 is 11.3 Å². The summed E-state index contributed by atoms with van der Waals surface area (Å²) in [5, 5.41) is 4.99. The number of nitrogens with zero attached hydrogens (tertiary/aromatic N) is 1. The molecule has 2 aromatic rings. The zero-order chi connectivity index (χ0) is 13.8. The quantitative estimate of drug-likeness (QED) is 0.865. The standard InChI is InChI=1S/C16H24N2S/c1-12(2)9-17-10-16-14(11-18(3)4)13-7-5-6-8-15(13)19-16/h5-8,12,17H,9-11H2,1-4H3. The van der Waals surface area contributed by atoms with Crippen molar-refractivity contribution < 1.29 is 0 Å². The molecule has 0 aliphatic rings. The maximum absolute atomic E-state index is 3.57. The number of fused-ring (bicyclic) bond motifs is 1. The van der Waals surface area contributed by atoms with Gasteiger partial charge in [-0.05, 0) is 43.6 Å². The van der Waals surface area contributed by atoms with E-state index in [0.29, 0.717) is 5.92 Å². The molecular formula is C16H24N2S. The maximum Gasteiger partial charge on any atom is 0.0349 e. The average molecular weight is 276 g/mol. The lowest BCUT2D eigenvalue weighted by Gasteiger charge is -2.12. The van der Waals surface area contributed by atoms with E-state index in [1.165, 1.54) is 20.5 Å². The molecule has 1 aromatic heterocycles. The predicted molar refractivity (Wildman–Crippen MR) is 85.8 cm³/mol. The predicted octanol–water partition coefficient (Wildman–Crippen LogP) is 3.71. The molecule has 0 unspecified atom stereocenters. The zero-order valence-electron chi connectivity index (χ0n) is 12.4. The summed E-state index contributed by atoms with van der Waals surface area (Å²) in [5.74, 6) is 0.701. The van der Waals surface area contributed by atoms with Crippen molar-refractivity contribution in [1.82, 2.24) is 10.2 Å². The van der Waals surface area contributed by atoms with E-state index in [9.17, 15) is 0 Å². The van der Waals surface area contributed by atoms with E-state index in [4.69, 9.17) is 0 Å². The Kier molecular flexibility index (Phi) is 4.97. The second-order valence-corrected chi connectivity index (χ2v) is 6.90. The zero-order valence-corrected chi connectivity index (χ0v) is 13.2. The molecule has 0 saturated heterocycles. The van der Waals surface area contributed by atoms with Gasteiger partial charge in [-0.15, -0.1) is 11.3 Å². The molecule has 0 radical (unpaired) electrons. The van der Waals surface area contributed by atoms with Crippen molar-refractivity contribution >= 4 is 21.4 Å². The first kappa shape index (κ1) is 14.5. The van der Waals surface area contributed by atoms with Crippen LogP contribution < -0.4 is 5.32 Å². The molecule has 0 amide bonds. The minimum Gasteiger partial charge on any atom is -0.312 e. The Morgan fingerprint density at radius 1 is 1.21 bits per heavy atom. The minimum absolute atomic E-state index is 0.701. The van der Waals surface area contributed by atoms with Gasteiger partial charge >= 0.3 is 0 Å². The van der Waals surface area contributed by atoms with Crippen molar-refractivity contribution in [3.63, 3.8) is 0 Å². The molecule has 0 spiro atoms. The highest BCUT2D eigenvalue weighted by atomic mass is 32.1. The van der Waals surface area contributed by atoms with Crippen LogP contribution in [-0.4, -0.2) is 25.5 Å². The Balaban J connectivity index is 2.25. The molecule has 0 saturated carbocycles. The van der Waals surface area contributed by atoms with Gasteiger partial charge in [-0.2, -0.15) is 0 Å². The number of hydrogen-bond donors (Lipinski definition) is 1. The Morgan fingerprint density at radius 2 is 1.95 bits per heavy atom. The maximum atomic E-state index is 3.57. The Morgan fingerprint density at radius 3 is 2.63 bits per heavy atom. The SMILES string of the molecule is CC(C)CNCc1sc2ccccc2c1CN(C)C.